The van der Waals surface area contributed by atoms with Gasteiger partial charge in [-0.25, -0.2) is 4.39 Å². The van der Waals surface area contributed by atoms with Crippen LogP contribution in [0.4, 0.5) is 30.7 Å². The first-order valence-electron chi connectivity index (χ1n) is 12.1. The van der Waals surface area contributed by atoms with Gasteiger partial charge in [-0.2, -0.15) is 26.3 Å². The summed E-state index contributed by atoms with van der Waals surface area (Å²) in [6.45, 7) is 3.47. The SMILES string of the molecule is Cc1cc(-c2nccc3c(C(F)(F)F)c(-c4ccc(CC(F)(F)F)cc4)sc23)c2oc3cc(F)c(C)cc3c2c1. The molecule has 3 aromatic heterocycles. The molecule has 0 saturated heterocycles. The lowest BCUT2D eigenvalue weighted by atomic mass is 10.00. The summed E-state index contributed by atoms with van der Waals surface area (Å²) in [7, 11) is 0. The molecule has 0 aliphatic heterocycles. The molecule has 0 bridgehead atoms. The highest BCUT2D eigenvalue weighted by Gasteiger charge is 2.38. The molecule has 0 radical (unpaired) electrons. The molecule has 0 aliphatic carbocycles. The van der Waals surface area contributed by atoms with Gasteiger partial charge < -0.3 is 4.42 Å². The van der Waals surface area contributed by atoms with Crippen molar-refractivity contribution in [3.63, 3.8) is 0 Å². The summed E-state index contributed by atoms with van der Waals surface area (Å²) in [5.74, 6) is -0.441. The Morgan fingerprint density at radius 2 is 1.57 bits per heavy atom. The number of aromatic nitrogens is 1. The van der Waals surface area contributed by atoms with Crippen LogP contribution in [0, 0.1) is 19.7 Å². The molecule has 2 nitrogen and oxygen atoms in total. The van der Waals surface area contributed by atoms with Gasteiger partial charge in [-0.05, 0) is 60.4 Å². The molecule has 6 rings (SSSR count). The maximum absolute atomic E-state index is 14.4. The van der Waals surface area contributed by atoms with E-state index < -0.39 is 30.2 Å². The molecule has 0 amide bonds. The molecule has 0 saturated carbocycles. The molecule has 3 heterocycles. The van der Waals surface area contributed by atoms with Gasteiger partial charge in [-0.1, -0.05) is 24.3 Å². The van der Waals surface area contributed by atoms with E-state index in [2.05, 4.69) is 4.98 Å². The summed E-state index contributed by atoms with van der Waals surface area (Å²) < 4.78 is 102. The molecule has 0 unspecified atom stereocenters. The third kappa shape index (κ3) is 4.50. The fourth-order valence-electron chi connectivity index (χ4n) is 5.03. The van der Waals surface area contributed by atoms with Crippen molar-refractivity contribution >= 4 is 43.4 Å². The number of nitrogens with zero attached hydrogens (tertiary/aromatic N) is 1. The lowest BCUT2D eigenvalue weighted by molar-refractivity contribution is -0.135. The molecule has 0 N–H and O–H groups in total. The summed E-state index contributed by atoms with van der Waals surface area (Å²) in [5, 5.41) is 1.28. The summed E-state index contributed by atoms with van der Waals surface area (Å²) in [5.41, 5.74) is 1.84. The van der Waals surface area contributed by atoms with Gasteiger partial charge in [0.15, 0.2) is 0 Å². The smallest absolute Gasteiger partial charge is 0.418 e. The zero-order valence-electron chi connectivity index (χ0n) is 20.9. The van der Waals surface area contributed by atoms with E-state index in [1.807, 2.05) is 13.0 Å². The van der Waals surface area contributed by atoms with Crippen molar-refractivity contribution in [2.45, 2.75) is 32.6 Å². The molecule has 0 atom stereocenters. The second-order valence-corrected chi connectivity index (χ2v) is 10.7. The average Bonchev–Trinajstić information content (AvgIpc) is 3.42. The zero-order chi connectivity index (χ0) is 28.6. The van der Waals surface area contributed by atoms with Crippen molar-refractivity contribution in [1.29, 1.82) is 0 Å². The number of hydrogen-bond acceptors (Lipinski definition) is 3. The van der Waals surface area contributed by atoms with Gasteiger partial charge in [0.1, 0.15) is 17.0 Å². The monoisotopic (exact) mass is 573 g/mol. The molecule has 0 spiro atoms. The minimum absolute atomic E-state index is 0.0491. The van der Waals surface area contributed by atoms with Gasteiger partial charge in [-0.3, -0.25) is 4.98 Å². The molecule has 3 aromatic carbocycles. The predicted molar refractivity (Wildman–Crippen MR) is 142 cm³/mol. The van der Waals surface area contributed by atoms with Crippen LogP contribution < -0.4 is 0 Å². The highest BCUT2D eigenvalue weighted by molar-refractivity contribution is 7.23. The fourth-order valence-corrected chi connectivity index (χ4v) is 6.36. The second-order valence-electron chi connectivity index (χ2n) is 9.72. The summed E-state index contributed by atoms with van der Waals surface area (Å²) in [4.78, 5) is 4.32. The van der Waals surface area contributed by atoms with Gasteiger partial charge in [0.25, 0.3) is 0 Å². The van der Waals surface area contributed by atoms with Crippen LogP contribution in [-0.4, -0.2) is 11.2 Å². The number of hydrogen-bond donors (Lipinski definition) is 0. The molecule has 6 aromatic rings. The third-order valence-corrected chi connectivity index (χ3v) is 8.02. The standard InChI is InChI=1S/C30H18F7NOS/c1-14-9-20-19-11-15(2)22(31)12-23(19)39-26(20)21(10-14)25-28-18(7-8-38-25)24(30(35,36)37)27(40-28)17-5-3-16(4-6-17)13-29(32,33)34/h3-12H,13H2,1-2H3. The van der Waals surface area contributed by atoms with Gasteiger partial charge in [0.2, 0.25) is 0 Å². The largest absolute Gasteiger partial charge is 0.455 e. The molecule has 0 aliphatic rings. The number of rotatable bonds is 3. The van der Waals surface area contributed by atoms with Crippen molar-refractivity contribution in [2.75, 3.05) is 0 Å². The van der Waals surface area contributed by atoms with E-state index in [4.69, 9.17) is 4.42 Å². The van der Waals surface area contributed by atoms with Crippen molar-refractivity contribution in [3.8, 4) is 21.7 Å². The van der Waals surface area contributed by atoms with E-state index in [1.165, 1.54) is 42.6 Å². The highest BCUT2D eigenvalue weighted by Crippen LogP contribution is 2.50. The van der Waals surface area contributed by atoms with Gasteiger partial charge >= 0.3 is 12.4 Å². The third-order valence-electron chi connectivity index (χ3n) is 6.76. The van der Waals surface area contributed by atoms with Crippen molar-refractivity contribution in [1.82, 2.24) is 4.98 Å². The van der Waals surface area contributed by atoms with E-state index >= 15 is 0 Å². The van der Waals surface area contributed by atoms with Crippen LogP contribution in [0.2, 0.25) is 0 Å². The van der Waals surface area contributed by atoms with Gasteiger partial charge in [-0.15, -0.1) is 11.3 Å². The minimum Gasteiger partial charge on any atom is -0.455 e. The Labute approximate surface area is 226 Å². The Kier molecular flexibility index (Phi) is 5.96. The van der Waals surface area contributed by atoms with E-state index in [0.717, 1.165) is 16.9 Å². The quantitative estimate of drug-likeness (QED) is 0.197. The Balaban J connectivity index is 1.60. The van der Waals surface area contributed by atoms with E-state index in [1.54, 1.807) is 19.1 Å². The lowest BCUT2D eigenvalue weighted by Crippen LogP contribution is -2.11. The van der Waals surface area contributed by atoms with Crippen LogP contribution in [0.15, 0.2) is 65.2 Å². The Morgan fingerprint density at radius 1 is 0.850 bits per heavy atom. The molecule has 40 heavy (non-hydrogen) atoms. The highest BCUT2D eigenvalue weighted by atomic mass is 32.1. The number of thiophene rings is 1. The molecule has 204 valence electrons. The molecular formula is C30H18F7NOS. The first-order chi connectivity index (χ1) is 18.8. The molecule has 0 fully saturated rings. The Bertz CT molecular complexity index is 1930. The first kappa shape index (κ1) is 26.3. The summed E-state index contributed by atoms with van der Waals surface area (Å²) in [6, 6.07) is 12.8. The summed E-state index contributed by atoms with van der Waals surface area (Å²) in [6.07, 6.45) is -9.06. The van der Waals surface area contributed by atoms with Crippen LogP contribution in [-0.2, 0) is 12.6 Å². The fraction of sp³-hybridized carbons (Fsp3) is 0.167. The van der Waals surface area contributed by atoms with E-state index in [0.29, 0.717) is 33.1 Å². The van der Waals surface area contributed by atoms with Crippen LogP contribution in [0.1, 0.15) is 22.3 Å². The first-order valence-corrected chi connectivity index (χ1v) is 12.9. The summed E-state index contributed by atoms with van der Waals surface area (Å²) >= 11 is 0.864. The number of benzene rings is 3. The van der Waals surface area contributed by atoms with Gasteiger partial charge in [0, 0.05) is 38.9 Å². The van der Waals surface area contributed by atoms with Crippen molar-refractivity contribution in [2.24, 2.45) is 0 Å². The number of furan rings is 1. The lowest BCUT2D eigenvalue weighted by Gasteiger charge is -2.10. The molecular weight excluding hydrogens is 555 g/mol. The topological polar surface area (TPSA) is 26.0 Å². The maximum Gasteiger partial charge on any atom is 0.418 e. The van der Waals surface area contributed by atoms with Crippen molar-refractivity contribution < 1.29 is 35.2 Å². The van der Waals surface area contributed by atoms with Gasteiger partial charge in [0.05, 0.1) is 22.4 Å². The van der Waals surface area contributed by atoms with Crippen LogP contribution in [0.5, 0.6) is 0 Å². The van der Waals surface area contributed by atoms with E-state index in [9.17, 15) is 30.7 Å². The number of alkyl halides is 6. The van der Waals surface area contributed by atoms with Crippen LogP contribution in [0.25, 0.3) is 53.7 Å². The van der Waals surface area contributed by atoms with Crippen LogP contribution >= 0.6 is 11.3 Å². The normalized spacial score (nSPS) is 12.7. The Morgan fingerprint density at radius 3 is 2.25 bits per heavy atom. The number of halogens is 7. The molecule has 10 heteroatoms. The second kappa shape index (κ2) is 9.05. The number of fused-ring (bicyclic) bond motifs is 4. The minimum atomic E-state index is -4.74. The Hall–Kier alpha value is -3.92. The van der Waals surface area contributed by atoms with E-state index in [-0.39, 0.29) is 31.8 Å². The number of aryl methyl sites for hydroxylation is 2. The average molecular weight is 574 g/mol. The zero-order valence-corrected chi connectivity index (χ0v) is 21.7. The van der Waals surface area contributed by atoms with Crippen LogP contribution in [0.3, 0.4) is 0 Å². The maximum atomic E-state index is 14.4. The van der Waals surface area contributed by atoms with Crippen molar-refractivity contribution in [3.05, 3.63) is 88.9 Å². The number of pyridine rings is 1. The predicted octanol–water partition coefficient (Wildman–Crippen LogP) is 10.4.